The average molecular weight is 281 g/mol. The minimum absolute atomic E-state index is 0.807. The topological polar surface area (TPSA) is 58.5 Å². The van der Waals surface area contributed by atoms with Crippen LogP contribution in [0.25, 0.3) is 11.3 Å². The molecule has 3 aromatic rings. The minimum atomic E-state index is 0.807. The molecule has 2 aromatic heterocycles. The Morgan fingerprint density at radius 3 is 2.81 bits per heavy atom. The molecule has 0 aliphatic carbocycles. The molecule has 0 aliphatic heterocycles. The van der Waals surface area contributed by atoms with Gasteiger partial charge in [-0.05, 0) is 24.1 Å². The number of rotatable bonds is 6. The number of benzene rings is 1. The van der Waals surface area contributed by atoms with Gasteiger partial charge in [0, 0.05) is 25.4 Å². The fourth-order valence-electron chi connectivity index (χ4n) is 2.36. The maximum atomic E-state index is 4.17. The van der Waals surface area contributed by atoms with Gasteiger partial charge in [-0.2, -0.15) is 10.2 Å². The number of hydrogen-bond donors (Lipinski definition) is 2. The first-order chi connectivity index (χ1) is 10.3. The van der Waals surface area contributed by atoms with Crippen LogP contribution in [0, 0.1) is 0 Å². The smallest absolute Gasteiger partial charge is 0.0695 e. The predicted octanol–water partition coefficient (Wildman–Crippen LogP) is 2.14. The van der Waals surface area contributed by atoms with E-state index in [2.05, 4.69) is 38.9 Å². The average Bonchev–Trinajstić information content (AvgIpc) is 3.13. The van der Waals surface area contributed by atoms with Crippen LogP contribution < -0.4 is 5.32 Å². The van der Waals surface area contributed by atoms with E-state index in [9.17, 15) is 0 Å². The van der Waals surface area contributed by atoms with Crippen molar-refractivity contribution in [2.24, 2.45) is 7.05 Å². The molecule has 0 atom stereocenters. The van der Waals surface area contributed by atoms with Crippen LogP contribution in [0.15, 0.2) is 48.9 Å². The normalized spacial score (nSPS) is 10.9. The molecule has 2 N–H and O–H groups in total. The molecular formula is C16H19N5. The summed E-state index contributed by atoms with van der Waals surface area (Å²) in [5, 5.41) is 14.9. The lowest BCUT2D eigenvalue weighted by Gasteiger charge is -2.05. The lowest BCUT2D eigenvalue weighted by molar-refractivity contribution is 0.687. The van der Waals surface area contributed by atoms with Crippen LogP contribution in [-0.2, 0) is 20.0 Å². The van der Waals surface area contributed by atoms with Crippen molar-refractivity contribution in [1.82, 2.24) is 25.3 Å². The first-order valence-electron chi connectivity index (χ1n) is 7.09. The molecule has 108 valence electrons. The lowest BCUT2D eigenvalue weighted by Crippen LogP contribution is -2.16. The van der Waals surface area contributed by atoms with Crippen LogP contribution in [-0.4, -0.2) is 26.5 Å². The van der Waals surface area contributed by atoms with E-state index in [0.29, 0.717) is 0 Å². The van der Waals surface area contributed by atoms with Crippen LogP contribution in [0.3, 0.4) is 0 Å². The summed E-state index contributed by atoms with van der Waals surface area (Å²) in [6, 6.07) is 10.3. The van der Waals surface area contributed by atoms with Gasteiger partial charge in [-0.25, -0.2) is 0 Å². The summed E-state index contributed by atoms with van der Waals surface area (Å²) >= 11 is 0. The van der Waals surface area contributed by atoms with Gasteiger partial charge in [0.05, 0.1) is 18.1 Å². The van der Waals surface area contributed by atoms with Crippen molar-refractivity contribution in [2.75, 3.05) is 6.54 Å². The van der Waals surface area contributed by atoms with Gasteiger partial charge >= 0.3 is 0 Å². The van der Waals surface area contributed by atoms with Crippen molar-refractivity contribution in [1.29, 1.82) is 0 Å². The molecule has 0 spiro atoms. The van der Waals surface area contributed by atoms with Crippen molar-refractivity contribution in [3.63, 3.8) is 0 Å². The molecule has 0 saturated carbocycles. The van der Waals surface area contributed by atoms with Gasteiger partial charge in [0.25, 0.3) is 0 Å². The molecule has 5 heteroatoms. The zero-order valence-electron chi connectivity index (χ0n) is 12.1. The Balaban J connectivity index is 1.55. The van der Waals surface area contributed by atoms with E-state index in [4.69, 9.17) is 0 Å². The van der Waals surface area contributed by atoms with Crippen molar-refractivity contribution in [3.8, 4) is 11.3 Å². The Labute approximate surface area is 124 Å². The highest BCUT2D eigenvalue weighted by Gasteiger charge is 2.06. The summed E-state index contributed by atoms with van der Waals surface area (Å²) in [6.07, 6.45) is 6.83. The van der Waals surface area contributed by atoms with E-state index in [1.807, 2.05) is 42.3 Å². The second-order valence-corrected chi connectivity index (χ2v) is 5.09. The van der Waals surface area contributed by atoms with Gasteiger partial charge in [0.15, 0.2) is 0 Å². The molecule has 2 heterocycles. The fraction of sp³-hybridized carbons (Fsp3) is 0.250. The van der Waals surface area contributed by atoms with Gasteiger partial charge in [-0.15, -0.1) is 0 Å². The molecule has 5 nitrogen and oxygen atoms in total. The van der Waals surface area contributed by atoms with Crippen molar-refractivity contribution in [3.05, 3.63) is 60.0 Å². The first kappa shape index (κ1) is 13.6. The molecule has 21 heavy (non-hydrogen) atoms. The summed E-state index contributed by atoms with van der Waals surface area (Å²) in [7, 11) is 1.94. The van der Waals surface area contributed by atoms with E-state index < -0.39 is 0 Å². The standard InChI is InChI=1S/C16H19N5/c1-21-12-13(9-19-21)7-8-17-10-15-11-18-20-16(15)14-5-3-2-4-6-14/h2-6,9,11-12,17H,7-8,10H2,1H3,(H,18,20). The summed E-state index contributed by atoms with van der Waals surface area (Å²) in [6.45, 7) is 1.73. The highest BCUT2D eigenvalue weighted by Crippen LogP contribution is 2.20. The summed E-state index contributed by atoms with van der Waals surface area (Å²) < 4.78 is 1.83. The number of nitrogens with zero attached hydrogens (tertiary/aromatic N) is 3. The predicted molar refractivity (Wildman–Crippen MR) is 82.6 cm³/mol. The molecule has 0 fully saturated rings. The van der Waals surface area contributed by atoms with Crippen LogP contribution in [0.5, 0.6) is 0 Å². The SMILES string of the molecule is Cn1cc(CCNCc2cn[nH]c2-c2ccccc2)cn1. The molecule has 1 aromatic carbocycles. The largest absolute Gasteiger partial charge is 0.312 e. The second-order valence-electron chi connectivity index (χ2n) is 5.09. The second kappa shape index (κ2) is 6.37. The lowest BCUT2D eigenvalue weighted by atomic mass is 10.1. The fourth-order valence-corrected chi connectivity index (χ4v) is 2.36. The van der Waals surface area contributed by atoms with Gasteiger partial charge in [-0.3, -0.25) is 9.78 Å². The number of H-pyrrole nitrogens is 1. The van der Waals surface area contributed by atoms with Crippen molar-refractivity contribution >= 4 is 0 Å². The molecule has 0 radical (unpaired) electrons. The van der Waals surface area contributed by atoms with Crippen LogP contribution >= 0.6 is 0 Å². The Bertz CT molecular complexity index is 684. The van der Waals surface area contributed by atoms with Gasteiger partial charge in [0.1, 0.15) is 0 Å². The molecule has 0 unspecified atom stereocenters. The maximum Gasteiger partial charge on any atom is 0.0695 e. The van der Waals surface area contributed by atoms with E-state index in [1.54, 1.807) is 0 Å². The molecule has 0 saturated heterocycles. The third-order valence-corrected chi connectivity index (χ3v) is 3.44. The van der Waals surface area contributed by atoms with Gasteiger partial charge in [0.2, 0.25) is 0 Å². The zero-order chi connectivity index (χ0) is 14.5. The van der Waals surface area contributed by atoms with Crippen LogP contribution in [0.2, 0.25) is 0 Å². The molecule has 0 amide bonds. The Morgan fingerprint density at radius 2 is 2.05 bits per heavy atom. The zero-order valence-corrected chi connectivity index (χ0v) is 12.1. The Hall–Kier alpha value is -2.40. The molecule has 0 bridgehead atoms. The van der Waals surface area contributed by atoms with E-state index in [0.717, 1.165) is 25.2 Å². The summed E-state index contributed by atoms with van der Waals surface area (Å²) in [5.74, 6) is 0. The summed E-state index contributed by atoms with van der Waals surface area (Å²) in [5.41, 5.74) is 4.69. The number of nitrogens with one attached hydrogen (secondary N) is 2. The summed E-state index contributed by atoms with van der Waals surface area (Å²) in [4.78, 5) is 0. The van der Waals surface area contributed by atoms with Crippen molar-refractivity contribution < 1.29 is 0 Å². The molecule has 0 aliphatic rings. The van der Waals surface area contributed by atoms with Crippen LogP contribution in [0.1, 0.15) is 11.1 Å². The highest BCUT2D eigenvalue weighted by atomic mass is 15.2. The molecular weight excluding hydrogens is 262 g/mol. The van der Waals surface area contributed by atoms with Gasteiger partial charge < -0.3 is 5.32 Å². The monoisotopic (exact) mass is 281 g/mol. The number of aryl methyl sites for hydroxylation is 1. The Kier molecular flexibility index (Phi) is 4.12. The number of hydrogen-bond acceptors (Lipinski definition) is 3. The van der Waals surface area contributed by atoms with E-state index in [1.165, 1.54) is 16.7 Å². The first-order valence-corrected chi connectivity index (χ1v) is 7.09. The number of aromatic nitrogens is 4. The highest BCUT2D eigenvalue weighted by molar-refractivity contribution is 5.62. The van der Waals surface area contributed by atoms with E-state index >= 15 is 0 Å². The van der Waals surface area contributed by atoms with Crippen molar-refractivity contribution in [2.45, 2.75) is 13.0 Å². The van der Waals surface area contributed by atoms with Crippen LogP contribution in [0.4, 0.5) is 0 Å². The van der Waals surface area contributed by atoms with E-state index in [-0.39, 0.29) is 0 Å². The molecule has 3 rings (SSSR count). The number of aromatic amines is 1. The van der Waals surface area contributed by atoms with Gasteiger partial charge in [-0.1, -0.05) is 30.3 Å². The quantitative estimate of drug-likeness (QED) is 0.681. The third kappa shape index (κ3) is 3.38. The minimum Gasteiger partial charge on any atom is -0.312 e. The Morgan fingerprint density at radius 1 is 1.19 bits per heavy atom. The maximum absolute atomic E-state index is 4.17. The third-order valence-electron chi connectivity index (χ3n) is 3.44.